The van der Waals surface area contributed by atoms with Crippen LogP contribution in [0.25, 0.3) is 0 Å². The minimum Gasteiger partial charge on any atom is -0.354 e. The van der Waals surface area contributed by atoms with Gasteiger partial charge in [-0.1, -0.05) is 0 Å². The molecule has 4 nitrogen and oxygen atoms in total. The lowest BCUT2D eigenvalue weighted by Gasteiger charge is -2.49. The maximum atomic E-state index is 12.0. The zero-order valence-corrected chi connectivity index (χ0v) is 10.7. The molecule has 3 fully saturated rings. The highest BCUT2D eigenvalue weighted by Gasteiger charge is 2.45. The lowest BCUT2D eigenvalue weighted by atomic mass is 9.85. The summed E-state index contributed by atoms with van der Waals surface area (Å²) in [5.74, 6) is 0.537. The summed E-state index contributed by atoms with van der Waals surface area (Å²) in [6.07, 6.45) is 4.76. The van der Waals surface area contributed by atoms with E-state index in [4.69, 9.17) is 0 Å². The Balaban J connectivity index is 1.85. The Hall–Kier alpha value is -0.610. The predicted octanol–water partition coefficient (Wildman–Crippen LogP) is 0.293. The Morgan fingerprint density at radius 1 is 1.35 bits per heavy atom. The molecule has 0 aromatic carbocycles. The van der Waals surface area contributed by atoms with Gasteiger partial charge >= 0.3 is 0 Å². The van der Waals surface area contributed by atoms with E-state index < -0.39 is 0 Å². The number of hydrogen-bond acceptors (Lipinski definition) is 3. The number of piperidine rings is 2. The van der Waals surface area contributed by atoms with E-state index in [0.29, 0.717) is 5.91 Å². The topological polar surface area (TPSA) is 35.6 Å². The molecule has 1 spiro atoms. The molecule has 3 aliphatic heterocycles. The molecular formula is C13H23N3O. The van der Waals surface area contributed by atoms with E-state index in [2.05, 4.69) is 22.2 Å². The van der Waals surface area contributed by atoms with E-state index in [9.17, 15) is 4.79 Å². The molecule has 0 aromatic heterocycles. The molecule has 3 unspecified atom stereocenters. The minimum atomic E-state index is 0.220. The zero-order chi connectivity index (χ0) is 11.9. The lowest BCUT2D eigenvalue weighted by molar-refractivity contribution is -0.125. The van der Waals surface area contributed by atoms with Crippen molar-refractivity contribution in [2.45, 2.75) is 31.2 Å². The van der Waals surface area contributed by atoms with Gasteiger partial charge in [0.05, 0.1) is 11.5 Å². The second kappa shape index (κ2) is 4.25. The van der Waals surface area contributed by atoms with Crippen LogP contribution in [0.15, 0.2) is 0 Å². The van der Waals surface area contributed by atoms with E-state index in [0.717, 1.165) is 26.1 Å². The van der Waals surface area contributed by atoms with E-state index in [1.54, 1.807) is 0 Å². The van der Waals surface area contributed by atoms with Crippen molar-refractivity contribution in [3.8, 4) is 0 Å². The van der Waals surface area contributed by atoms with E-state index in [-0.39, 0.29) is 11.5 Å². The normalized spacial score (nSPS) is 43.2. The van der Waals surface area contributed by atoms with Gasteiger partial charge in [-0.25, -0.2) is 0 Å². The van der Waals surface area contributed by atoms with Crippen LogP contribution in [0.5, 0.6) is 0 Å². The number of carbonyl (C=O) groups excluding carboxylic acids is 1. The molecule has 3 atom stereocenters. The standard InChI is InChI=1S/C13H23N3O/c1-15-6-3-5-13(10-15)9-14-12(17)11-4-2-7-16(13)8-11/h11H,2-10H2,1H3,(H,14,17). The Kier molecular flexibility index (Phi) is 2.87. The van der Waals surface area contributed by atoms with Crippen LogP contribution in [0.1, 0.15) is 25.7 Å². The van der Waals surface area contributed by atoms with E-state index in [1.807, 2.05) is 0 Å². The molecule has 3 heterocycles. The van der Waals surface area contributed by atoms with Crippen LogP contribution in [0, 0.1) is 5.92 Å². The molecule has 96 valence electrons. The van der Waals surface area contributed by atoms with Crippen LogP contribution in [0.2, 0.25) is 0 Å². The quantitative estimate of drug-likeness (QED) is 0.658. The number of rotatable bonds is 0. The van der Waals surface area contributed by atoms with Gasteiger partial charge in [0, 0.05) is 19.6 Å². The van der Waals surface area contributed by atoms with Gasteiger partial charge in [0.15, 0.2) is 0 Å². The number of fused-ring (bicyclic) bond motifs is 3. The van der Waals surface area contributed by atoms with Crippen molar-refractivity contribution >= 4 is 5.91 Å². The fraction of sp³-hybridized carbons (Fsp3) is 0.923. The molecule has 0 radical (unpaired) electrons. The molecule has 3 aliphatic rings. The third-order valence-corrected chi connectivity index (χ3v) is 4.80. The van der Waals surface area contributed by atoms with Crippen molar-refractivity contribution in [3.05, 3.63) is 0 Å². The molecule has 3 rings (SSSR count). The summed E-state index contributed by atoms with van der Waals surface area (Å²) < 4.78 is 0. The zero-order valence-electron chi connectivity index (χ0n) is 10.7. The SMILES string of the molecule is CN1CCCC2(CNC(=O)C3CCCN2C3)C1. The number of likely N-dealkylation sites (tertiary alicyclic amines) is 1. The van der Waals surface area contributed by atoms with Gasteiger partial charge < -0.3 is 10.2 Å². The summed E-state index contributed by atoms with van der Waals surface area (Å²) in [7, 11) is 2.20. The highest BCUT2D eigenvalue weighted by molar-refractivity contribution is 5.79. The summed E-state index contributed by atoms with van der Waals surface area (Å²) in [5, 5.41) is 3.19. The molecule has 4 heteroatoms. The molecule has 0 aromatic rings. The smallest absolute Gasteiger partial charge is 0.224 e. The maximum absolute atomic E-state index is 12.0. The van der Waals surface area contributed by atoms with Crippen molar-refractivity contribution < 1.29 is 4.79 Å². The van der Waals surface area contributed by atoms with Crippen molar-refractivity contribution in [2.75, 3.05) is 39.8 Å². The van der Waals surface area contributed by atoms with Crippen molar-refractivity contribution in [1.29, 1.82) is 0 Å². The molecule has 2 bridgehead atoms. The third kappa shape index (κ3) is 1.97. The first-order chi connectivity index (χ1) is 8.20. The number of nitrogens with zero attached hydrogens (tertiary/aromatic N) is 2. The van der Waals surface area contributed by atoms with Crippen molar-refractivity contribution in [1.82, 2.24) is 15.1 Å². The van der Waals surface area contributed by atoms with Gasteiger partial charge in [-0.15, -0.1) is 0 Å². The number of carbonyl (C=O) groups is 1. The van der Waals surface area contributed by atoms with E-state index >= 15 is 0 Å². The predicted molar refractivity (Wildman–Crippen MR) is 66.8 cm³/mol. The maximum Gasteiger partial charge on any atom is 0.224 e. The van der Waals surface area contributed by atoms with Gasteiger partial charge in [-0.3, -0.25) is 9.69 Å². The van der Waals surface area contributed by atoms with Crippen LogP contribution in [0.3, 0.4) is 0 Å². The number of nitrogens with one attached hydrogen (secondary N) is 1. The Morgan fingerprint density at radius 2 is 2.24 bits per heavy atom. The number of hydrogen-bond donors (Lipinski definition) is 1. The fourth-order valence-corrected chi connectivity index (χ4v) is 3.87. The van der Waals surface area contributed by atoms with Crippen LogP contribution in [-0.4, -0.2) is 61.0 Å². The largest absolute Gasteiger partial charge is 0.354 e. The van der Waals surface area contributed by atoms with Gasteiger partial charge in [-0.2, -0.15) is 0 Å². The molecule has 0 aliphatic carbocycles. The first kappa shape index (κ1) is 11.5. The third-order valence-electron chi connectivity index (χ3n) is 4.80. The van der Waals surface area contributed by atoms with Crippen molar-refractivity contribution in [3.63, 3.8) is 0 Å². The summed E-state index contributed by atoms with van der Waals surface area (Å²) in [4.78, 5) is 17.0. The van der Waals surface area contributed by atoms with Gasteiger partial charge in [-0.05, 0) is 45.8 Å². The molecular weight excluding hydrogens is 214 g/mol. The molecule has 0 saturated carbocycles. The van der Waals surface area contributed by atoms with Gasteiger partial charge in [0.2, 0.25) is 5.91 Å². The highest BCUT2D eigenvalue weighted by Crippen LogP contribution is 2.33. The summed E-state index contributed by atoms with van der Waals surface area (Å²) in [5.41, 5.74) is 0.220. The first-order valence-corrected chi connectivity index (χ1v) is 6.91. The van der Waals surface area contributed by atoms with Gasteiger partial charge in [0.1, 0.15) is 0 Å². The second-order valence-corrected chi connectivity index (χ2v) is 6.07. The molecule has 3 saturated heterocycles. The monoisotopic (exact) mass is 237 g/mol. The molecule has 1 amide bonds. The lowest BCUT2D eigenvalue weighted by Crippen LogP contribution is -2.62. The summed E-state index contributed by atoms with van der Waals surface area (Å²) in [6, 6.07) is 0. The van der Waals surface area contributed by atoms with Crippen molar-refractivity contribution in [2.24, 2.45) is 5.92 Å². The minimum absolute atomic E-state index is 0.220. The first-order valence-electron chi connectivity index (χ1n) is 6.91. The molecule has 17 heavy (non-hydrogen) atoms. The van der Waals surface area contributed by atoms with Crippen LogP contribution < -0.4 is 5.32 Å². The van der Waals surface area contributed by atoms with Crippen LogP contribution in [-0.2, 0) is 4.79 Å². The fourth-order valence-electron chi connectivity index (χ4n) is 3.87. The average Bonchev–Trinajstić information content (AvgIpc) is 2.42. The van der Waals surface area contributed by atoms with E-state index in [1.165, 1.54) is 32.4 Å². The highest BCUT2D eigenvalue weighted by atomic mass is 16.2. The van der Waals surface area contributed by atoms with Crippen LogP contribution in [0.4, 0.5) is 0 Å². The summed E-state index contributed by atoms with van der Waals surface area (Å²) in [6.45, 7) is 5.33. The Labute approximate surface area is 103 Å². The molecule has 1 N–H and O–H groups in total. The Bertz CT molecular complexity index is 320. The van der Waals surface area contributed by atoms with Gasteiger partial charge in [0.25, 0.3) is 0 Å². The second-order valence-electron chi connectivity index (χ2n) is 6.07. The number of amides is 1. The van der Waals surface area contributed by atoms with Crippen LogP contribution >= 0.6 is 0 Å². The number of likely N-dealkylation sites (N-methyl/N-ethyl adjacent to an activating group) is 1. The average molecular weight is 237 g/mol. The summed E-state index contributed by atoms with van der Waals surface area (Å²) >= 11 is 0. The Morgan fingerprint density at radius 3 is 3.06 bits per heavy atom.